The summed E-state index contributed by atoms with van der Waals surface area (Å²) in [7, 11) is 0. The minimum absolute atomic E-state index is 0.198. The first-order valence-electron chi connectivity index (χ1n) is 4.83. The Labute approximate surface area is 74.0 Å². The van der Waals surface area contributed by atoms with Crippen molar-refractivity contribution in [1.82, 2.24) is 0 Å². The third-order valence-corrected chi connectivity index (χ3v) is 2.86. The van der Waals surface area contributed by atoms with Crippen LogP contribution in [0, 0.1) is 11.3 Å². The number of fused-ring (bicyclic) bond motifs is 1. The lowest BCUT2D eigenvalue weighted by Gasteiger charge is -2.21. The lowest BCUT2D eigenvalue weighted by atomic mass is 9.81. The van der Waals surface area contributed by atoms with Crippen LogP contribution in [0.4, 0.5) is 0 Å². The highest BCUT2D eigenvalue weighted by Gasteiger charge is 2.42. The number of nitrogens with zero attached hydrogens (tertiary/aromatic N) is 1. The van der Waals surface area contributed by atoms with Crippen molar-refractivity contribution in [3.63, 3.8) is 0 Å². The van der Waals surface area contributed by atoms with Gasteiger partial charge in [-0.2, -0.15) is 0 Å². The minimum atomic E-state index is 0.198. The number of oxime groups is 1. The second kappa shape index (κ2) is 2.48. The fourth-order valence-electron chi connectivity index (χ4n) is 2.25. The lowest BCUT2D eigenvalue weighted by molar-refractivity contribution is 0.0746. The summed E-state index contributed by atoms with van der Waals surface area (Å²) in [5.41, 5.74) is 1.48. The summed E-state index contributed by atoms with van der Waals surface area (Å²) in [6.07, 6.45) is 4.21. The SMILES string of the molecule is CC(C)(C)C1=NO[C@H]2CCC[C@@H]12. The van der Waals surface area contributed by atoms with Crippen molar-refractivity contribution in [2.75, 3.05) is 0 Å². The highest BCUT2D eigenvalue weighted by Crippen LogP contribution is 2.39. The number of rotatable bonds is 0. The Balaban J connectivity index is 2.18. The van der Waals surface area contributed by atoms with E-state index < -0.39 is 0 Å². The predicted octanol–water partition coefficient (Wildman–Crippen LogP) is 2.59. The topological polar surface area (TPSA) is 21.6 Å². The van der Waals surface area contributed by atoms with Gasteiger partial charge < -0.3 is 4.84 Å². The van der Waals surface area contributed by atoms with E-state index in [4.69, 9.17) is 4.84 Å². The van der Waals surface area contributed by atoms with Gasteiger partial charge in [-0.15, -0.1) is 0 Å². The van der Waals surface area contributed by atoms with E-state index in [1.54, 1.807) is 0 Å². The Hall–Kier alpha value is -0.530. The fourth-order valence-corrected chi connectivity index (χ4v) is 2.25. The molecule has 0 aromatic carbocycles. The van der Waals surface area contributed by atoms with E-state index >= 15 is 0 Å². The molecule has 0 spiro atoms. The predicted molar refractivity (Wildman–Crippen MR) is 49.1 cm³/mol. The maximum atomic E-state index is 5.40. The summed E-state index contributed by atoms with van der Waals surface area (Å²) in [6.45, 7) is 6.65. The molecular formula is C10H17NO. The van der Waals surface area contributed by atoms with Crippen LogP contribution >= 0.6 is 0 Å². The monoisotopic (exact) mass is 167 g/mol. The van der Waals surface area contributed by atoms with Crippen LogP contribution in [-0.4, -0.2) is 11.8 Å². The van der Waals surface area contributed by atoms with Crippen molar-refractivity contribution in [3.8, 4) is 0 Å². The van der Waals surface area contributed by atoms with Gasteiger partial charge in [-0.05, 0) is 19.3 Å². The molecule has 0 bridgehead atoms. The molecule has 0 aromatic heterocycles. The second-order valence-corrected chi connectivity index (χ2v) is 4.91. The zero-order valence-electron chi connectivity index (χ0n) is 8.13. The van der Waals surface area contributed by atoms with Gasteiger partial charge in [-0.1, -0.05) is 25.9 Å². The molecule has 2 rings (SSSR count). The molecule has 68 valence electrons. The molecule has 0 N–H and O–H groups in total. The Kier molecular flexibility index (Phi) is 1.67. The summed E-state index contributed by atoms with van der Waals surface area (Å²) in [6, 6.07) is 0. The van der Waals surface area contributed by atoms with Gasteiger partial charge in [0.2, 0.25) is 0 Å². The maximum Gasteiger partial charge on any atom is 0.135 e. The first-order valence-corrected chi connectivity index (χ1v) is 4.83. The molecule has 2 aliphatic rings. The van der Waals surface area contributed by atoms with Crippen molar-refractivity contribution < 1.29 is 4.84 Å². The zero-order valence-corrected chi connectivity index (χ0v) is 8.13. The van der Waals surface area contributed by atoms with Crippen molar-refractivity contribution in [2.24, 2.45) is 16.5 Å². The van der Waals surface area contributed by atoms with E-state index in [1.807, 2.05) is 0 Å². The molecule has 1 saturated carbocycles. The van der Waals surface area contributed by atoms with Crippen LogP contribution in [0.5, 0.6) is 0 Å². The Bertz CT molecular complexity index is 214. The summed E-state index contributed by atoms with van der Waals surface area (Å²) in [5.74, 6) is 0.630. The largest absolute Gasteiger partial charge is 0.392 e. The fraction of sp³-hybridized carbons (Fsp3) is 0.900. The molecule has 2 nitrogen and oxygen atoms in total. The zero-order chi connectivity index (χ0) is 8.77. The summed E-state index contributed by atoms with van der Waals surface area (Å²) >= 11 is 0. The lowest BCUT2D eigenvalue weighted by Crippen LogP contribution is -2.28. The third-order valence-electron chi connectivity index (χ3n) is 2.86. The normalized spacial score (nSPS) is 34.4. The summed E-state index contributed by atoms with van der Waals surface area (Å²) in [4.78, 5) is 5.40. The van der Waals surface area contributed by atoms with Crippen LogP contribution in [-0.2, 0) is 4.84 Å². The third kappa shape index (κ3) is 1.13. The molecule has 0 amide bonds. The molecule has 0 saturated heterocycles. The standard InChI is InChI=1S/C10H17NO/c1-10(2,3)9-7-5-4-6-8(7)12-11-9/h7-8H,4-6H2,1-3H3/t7-,8+/m1/s1. The molecule has 0 aromatic rings. The van der Waals surface area contributed by atoms with Gasteiger partial charge in [-0.3, -0.25) is 0 Å². The van der Waals surface area contributed by atoms with Crippen LogP contribution in [0.2, 0.25) is 0 Å². The average Bonchev–Trinajstić information content (AvgIpc) is 2.37. The van der Waals surface area contributed by atoms with Crippen LogP contribution in [0.25, 0.3) is 0 Å². The molecule has 1 aliphatic heterocycles. The molecule has 12 heavy (non-hydrogen) atoms. The summed E-state index contributed by atoms with van der Waals surface area (Å²) < 4.78 is 0. The van der Waals surface area contributed by atoms with Crippen molar-refractivity contribution in [1.29, 1.82) is 0 Å². The van der Waals surface area contributed by atoms with E-state index in [0.717, 1.165) is 0 Å². The van der Waals surface area contributed by atoms with Crippen molar-refractivity contribution in [2.45, 2.75) is 46.1 Å². The Morgan fingerprint density at radius 3 is 2.75 bits per heavy atom. The smallest absolute Gasteiger partial charge is 0.135 e. The second-order valence-electron chi connectivity index (χ2n) is 4.91. The number of hydrogen-bond acceptors (Lipinski definition) is 2. The van der Waals surface area contributed by atoms with Gasteiger partial charge >= 0.3 is 0 Å². The van der Waals surface area contributed by atoms with Gasteiger partial charge in [0, 0.05) is 11.3 Å². The van der Waals surface area contributed by atoms with Crippen LogP contribution in [0.1, 0.15) is 40.0 Å². The van der Waals surface area contributed by atoms with E-state index in [0.29, 0.717) is 12.0 Å². The van der Waals surface area contributed by atoms with Gasteiger partial charge in [0.25, 0.3) is 0 Å². The van der Waals surface area contributed by atoms with Gasteiger partial charge in [0.05, 0.1) is 5.71 Å². The van der Waals surface area contributed by atoms with Crippen LogP contribution < -0.4 is 0 Å². The number of hydrogen-bond donors (Lipinski definition) is 0. The average molecular weight is 167 g/mol. The highest BCUT2D eigenvalue weighted by atomic mass is 16.6. The van der Waals surface area contributed by atoms with Crippen molar-refractivity contribution >= 4 is 5.71 Å². The summed E-state index contributed by atoms with van der Waals surface area (Å²) in [5, 5.41) is 4.21. The van der Waals surface area contributed by atoms with Crippen LogP contribution in [0.15, 0.2) is 5.16 Å². The minimum Gasteiger partial charge on any atom is -0.392 e. The molecular weight excluding hydrogens is 150 g/mol. The van der Waals surface area contributed by atoms with Gasteiger partial charge in [-0.25, -0.2) is 0 Å². The van der Waals surface area contributed by atoms with Gasteiger partial charge in [0.1, 0.15) is 6.10 Å². The quantitative estimate of drug-likeness (QED) is 0.543. The molecule has 0 unspecified atom stereocenters. The first kappa shape index (κ1) is 8.09. The van der Waals surface area contributed by atoms with E-state index in [-0.39, 0.29) is 5.41 Å². The van der Waals surface area contributed by atoms with E-state index in [1.165, 1.54) is 25.0 Å². The molecule has 1 aliphatic carbocycles. The first-order chi connectivity index (χ1) is 5.59. The Morgan fingerprint density at radius 1 is 1.33 bits per heavy atom. The van der Waals surface area contributed by atoms with Crippen molar-refractivity contribution in [3.05, 3.63) is 0 Å². The molecule has 0 radical (unpaired) electrons. The maximum absolute atomic E-state index is 5.40. The van der Waals surface area contributed by atoms with E-state index in [2.05, 4.69) is 25.9 Å². The molecule has 2 atom stereocenters. The van der Waals surface area contributed by atoms with Gasteiger partial charge in [0.15, 0.2) is 0 Å². The highest BCUT2D eigenvalue weighted by molar-refractivity contribution is 5.92. The van der Waals surface area contributed by atoms with E-state index in [9.17, 15) is 0 Å². The Morgan fingerprint density at radius 2 is 2.08 bits per heavy atom. The van der Waals surface area contributed by atoms with Crippen LogP contribution in [0.3, 0.4) is 0 Å². The molecule has 1 fully saturated rings. The molecule has 1 heterocycles. The molecule has 2 heteroatoms.